The summed E-state index contributed by atoms with van der Waals surface area (Å²) in [6, 6.07) is 11.0. The summed E-state index contributed by atoms with van der Waals surface area (Å²) >= 11 is 3.39. The van der Waals surface area contributed by atoms with Gasteiger partial charge < -0.3 is 9.84 Å². The van der Waals surface area contributed by atoms with Crippen molar-refractivity contribution in [3.8, 4) is 11.6 Å². The molecule has 2 rings (SSSR count). The van der Waals surface area contributed by atoms with Crippen molar-refractivity contribution in [2.75, 3.05) is 0 Å². The van der Waals surface area contributed by atoms with E-state index in [0.29, 0.717) is 11.6 Å². The zero-order valence-electron chi connectivity index (χ0n) is 8.43. The Morgan fingerprint density at radius 3 is 2.81 bits per heavy atom. The van der Waals surface area contributed by atoms with E-state index in [9.17, 15) is 0 Å². The number of aliphatic hydroxyl groups excluding tert-OH is 1. The predicted molar refractivity (Wildman–Crippen MR) is 64.4 cm³/mol. The Morgan fingerprint density at radius 2 is 2.06 bits per heavy atom. The minimum absolute atomic E-state index is 0.0190. The molecule has 0 fully saturated rings. The number of aromatic nitrogens is 1. The molecule has 0 spiro atoms. The third kappa shape index (κ3) is 2.59. The maximum atomic E-state index is 8.99. The first-order valence-corrected chi connectivity index (χ1v) is 5.57. The second kappa shape index (κ2) is 5.09. The smallest absolute Gasteiger partial charge is 0.219 e. The van der Waals surface area contributed by atoms with Gasteiger partial charge in [0.05, 0.1) is 11.1 Å². The third-order valence-electron chi connectivity index (χ3n) is 2.03. The van der Waals surface area contributed by atoms with Gasteiger partial charge in [-0.25, -0.2) is 4.98 Å². The first-order valence-electron chi connectivity index (χ1n) is 4.78. The number of ether oxygens (including phenoxy) is 1. The molecule has 2 aromatic rings. The second-order valence-corrected chi connectivity index (χ2v) is 4.05. The number of aliphatic hydroxyl groups is 1. The van der Waals surface area contributed by atoms with E-state index in [-0.39, 0.29) is 6.61 Å². The van der Waals surface area contributed by atoms with Crippen LogP contribution in [0.5, 0.6) is 11.6 Å². The summed E-state index contributed by atoms with van der Waals surface area (Å²) in [4.78, 5) is 4.07. The number of hydrogen-bond acceptors (Lipinski definition) is 3. The van der Waals surface area contributed by atoms with Gasteiger partial charge in [-0.05, 0) is 39.7 Å². The molecule has 16 heavy (non-hydrogen) atoms. The van der Waals surface area contributed by atoms with E-state index in [1.807, 2.05) is 24.3 Å². The van der Waals surface area contributed by atoms with E-state index >= 15 is 0 Å². The van der Waals surface area contributed by atoms with E-state index in [4.69, 9.17) is 9.84 Å². The number of para-hydroxylation sites is 1. The van der Waals surface area contributed by atoms with Gasteiger partial charge in [-0.2, -0.15) is 0 Å². The standard InChI is InChI=1S/C12H10BrNO2/c13-10-3-1-2-4-11(10)16-12-7-9(8-15)5-6-14-12/h1-7,15H,8H2. The lowest BCUT2D eigenvalue weighted by atomic mass is 10.3. The molecule has 0 unspecified atom stereocenters. The van der Waals surface area contributed by atoms with Crippen LogP contribution in [0.2, 0.25) is 0 Å². The molecule has 0 atom stereocenters. The summed E-state index contributed by atoms with van der Waals surface area (Å²) in [7, 11) is 0. The van der Waals surface area contributed by atoms with Crippen LogP contribution in [0.1, 0.15) is 5.56 Å². The molecule has 82 valence electrons. The Balaban J connectivity index is 2.24. The second-order valence-electron chi connectivity index (χ2n) is 3.19. The lowest BCUT2D eigenvalue weighted by Gasteiger charge is -2.06. The predicted octanol–water partition coefficient (Wildman–Crippen LogP) is 3.13. The number of hydrogen-bond donors (Lipinski definition) is 1. The van der Waals surface area contributed by atoms with Gasteiger partial charge in [-0.3, -0.25) is 0 Å². The molecule has 0 aliphatic carbocycles. The highest BCUT2D eigenvalue weighted by Crippen LogP contribution is 2.28. The summed E-state index contributed by atoms with van der Waals surface area (Å²) in [6.07, 6.45) is 1.61. The molecule has 0 aliphatic heterocycles. The van der Waals surface area contributed by atoms with Crippen molar-refractivity contribution in [3.05, 3.63) is 52.6 Å². The van der Waals surface area contributed by atoms with Crippen molar-refractivity contribution in [3.63, 3.8) is 0 Å². The van der Waals surface area contributed by atoms with Crippen molar-refractivity contribution in [1.29, 1.82) is 0 Å². The third-order valence-corrected chi connectivity index (χ3v) is 2.69. The number of halogens is 1. The summed E-state index contributed by atoms with van der Waals surface area (Å²) < 4.78 is 6.45. The van der Waals surface area contributed by atoms with Crippen LogP contribution in [0.3, 0.4) is 0 Å². The van der Waals surface area contributed by atoms with Gasteiger partial charge >= 0.3 is 0 Å². The quantitative estimate of drug-likeness (QED) is 0.939. The average molecular weight is 280 g/mol. The van der Waals surface area contributed by atoms with Crippen molar-refractivity contribution in [2.24, 2.45) is 0 Å². The average Bonchev–Trinajstić information content (AvgIpc) is 2.32. The summed E-state index contributed by atoms with van der Waals surface area (Å²) in [5.41, 5.74) is 0.775. The Morgan fingerprint density at radius 1 is 1.25 bits per heavy atom. The molecule has 0 amide bonds. The minimum atomic E-state index is -0.0190. The minimum Gasteiger partial charge on any atom is -0.438 e. The molecular weight excluding hydrogens is 270 g/mol. The molecule has 4 heteroatoms. The lowest BCUT2D eigenvalue weighted by Crippen LogP contribution is -1.90. The highest BCUT2D eigenvalue weighted by atomic mass is 79.9. The van der Waals surface area contributed by atoms with Crippen molar-refractivity contribution in [2.45, 2.75) is 6.61 Å². The maximum Gasteiger partial charge on any atom is 0.219 e. The van der Waals surface area contributed by atoms with Gasteiger partial charge in [0.25, 0.3) is 0 Å². The highest BCUT2D eigenvalue weighted by molar-refractivity contribution is 9.10. The maximum absolute atomic E-state index is 8.99. The van der Waals surface area contributed by atoms with E-state index in [0.717, 1.165) is 10.0 Å². The van der Waals surface area contributed by atoms with Gasteiger partial charge in [-0.1, -0.05) is 12.1 Å². The van der Waals surface area contributed by atoms with Crippen LogP contribution in [0.15, 0.2) is 47.1 Å². The van der Waals surface area contributed by atoms with Crippen LogP contribution in [-0.2, 0) is 6.61 Å². The van der Waals surface area contributed by atoms with Crippen molar-refractivity contribution < 1.29 is 9.84 Å². The van der Waals surface area contributed by atoms with Crippen molar-refractivity contribution >= 4 is 15.9 Å². The Labute approximate surface area is 102 Å². The first kappa shape index (κ1) is 11.1. The summed E-state index contributed by atoms with van der Waals surface area (Å²) in [6.45, 7) is -0.0190. The van der Waals surface area contributed by atoms with Crippen LogP contribution in [0, 0.1) is 0 Å². The fourth-order valence-corrected chi connectivity index (χ4v) is 1.61. The van der Waals surface area contributed by atoms with Gasteiger partial charge in [0.2, 0.25) is 5.88 Å². The zero-order valence-corrected chi connectivity index (χ0v) is 10.0. The molecular formula is C12H10BrNO2. The lowest BCUT2D eigenvalue weighted by molar-refractivity contribution is 0.281. The highest BCUT2D eigenvalue weighted by Gasteiger charge is 2.03. The fraction of sp³-hybridized carbons (Fsp3) is 0.0833. The zero-order chi connectivity index (χ0) is 11.4. The Hall–Kier alpha value is -1.39. The molecule has 0 bridgehead atoms. The largest absolute Gasteiger partial charge is 0.438 e. The monoisotopic (exact) mass is 279 g/mol. The topological polar surface area (TPSA) is 42.4 Å². The fourth-order valence-electron chi connectivity index (χ4n) is 1.24. The van der Waals surface area contributed by atoms with Crippen LogP contribution in [0.25, 0.3) is 0 Å². The number of rotatable bonds is 3. The van der Waals surface area contributed by atoms with Crippen LogP contribution in [0.4, 0.5) is 0 Å². The van der Waals surface area contributed by atoms with Crippen LogP contribution >= 0.6 is 15.9 Å². The molecule has 1 aromatic heterocycles. The molecule has 0 radical (unpaired) electrons. The molecule has 1 heterocycles. The molecule has 0 saturated heterocycles. The molecule has 1 N–H and O–H groups in total. The summed E-state index contributed by atoms with van der Waals surface area (Å²) in [5, 5.41) is 8.99. The van der Waals surface area contributed by atoms with Gasteiger partial charge in [-0.15, -0.1) is 0 Å². The van der Waals surface area contributed by atoms with Gasteiger partial charge in [0.15, 0.2) is 0 Å². The normalized spacial score (nSPS) is 10.1. The SMILES string of the molecule is OCc1ccnc(Oc2ccccc2Br)c1. The van der Waals surface area contributed by atoms with Crippen LogP contribution in [-0.4, -0.2) is 10.1 Å². The first-order chi connectivity index (χ1) is 7.79. The molecule has 3 nitrogen and oxygen atoms in total. The number of pyridine rings is 1. The van der Waals surface area contributed by atoms with E-state index in [2.05, 4.69) is 20.9 Å². The van der Waals surface area contributed by atoms with Gasteiger partial charge in [0, 0.05) is 12.3 Å². The molecule has 0 aliphatic rings. The van der Waals surface area contributed by atoms with E-state index in [1.54, 1.807) is 18.3 Å². The molecule has 1 aromatic carbocycles. The number of nitrogens with zero attached hydrogens (tertiary/aromatic N) is 1. The Kier molecular flexibility index (Phi) is 3.54. The summed E-state index contributed by atoms with van der Waals surface area (Å²) in [5.74, 6) is 1.17. The number of benzene rings is 1. The van der Waals surface area contributed by atoms with Crippen LogP contribution < -0.4 is 4.74 Å². The van der Waals surface area contributed by atoms with E-state index < -0.39 is 0 Å². The van der Waals surface area contributed by atoms with Crippen molar-refractivity contribution in [1.82, 2.24) is 4.98 Å². The molecule has 0 saturated carbocycles. The van der Waals surface area contributed by atoms with Gasteiger partial charge in [0.1, 0.15) is 5.75 Å². The van der Waals surface area contributed by atoms with E-state index in [1.165, 1.54) is 0 Å². The Bertz CT molecular complexity index is 488.